The highest BCUT2D eigenvalue weighted by Crippen LogP contribution is 2.32. The highest BCUT2D eigenvalue weighted by atomic mass is 79.9. The van der Waals surface area contributed by atoms with Crippen LogP contribution in [0.15, 0.2) is 45.8 Å². The fourth-order valence-electron chi connectivity index (χ4n) is 2.30. The summed E-state index contributed by atoms with van der Waals surface area (Å²) in [6, 6.07) is 10.1. The van der Waals surface area contributed by atoms with Gasteiger partial charge in [-0.1, -0.05) is 45.2 Å². The number of hydrogen-bond donors (Lipinski definition) is 0. The largest absolute Gasteiger partial charge is 0.283 e. The van der Waals surface area contributed by atoms with Crippen LogP contribution in [-0.4, -0.2) is 17.6 Å². The molecule has 1 aromatic heterocycles. The third-order valence-electron chi connectivity index (χ3n) is 3.39. The minimum atomic E-state index is -3.77. The number of hydrogen-bond acceptors (Lipinski definition) is 3. The molecule has 114 valence electrons. The van der Waals surface area contributed by atoms with Gasteiger partial charge >= 0.3 is 0 Å². The Balaban J connectivity index is 2.32. The third-order valence-corrected chi connectivity index (χ3v) is 5.75. The summed E-state index contributed by atoms with van der Waals surface area (Å²) in [4.78, 5) is 0.193. The Morgan fingerprint density at radius 3 is 2.41 bits per heavy atom. The number of benzene rings is 2. The van der Waals surface area contributed by atoms with Crippen LogP contribution in [0.2, 0.25) is 5.02 Å². The summed E-state index contributed by atoms with van der Waals surface area (Å²) in [6.45, 7) is 3.64. The lowest BCUT2D eigenvalue weighted by molar-refractivity contribution is 0.582. The smallest absolute Gasteiger partial charge is 0.199 e. The van der Waals surface area contributed by atoms with Crippen molar-refractivity contribution >= 4 is 48.5 Å². The van der Waals surface area contributed by atoms with Crippen LogP contribution in [0.4, 0.5) is 0 Å². The Hall–Kier alpha value is -1.37. The monoisotopic (exact) mass is 398 g/mol. The first-order valence-electron chi connectivity index (χ1n) is 6.47. The molecule has 3 aromatic rings. The third kappa shape index (κ3) is 2.45. The van der Waals surface area contributed by atoms with Crippen molar-refractivity contribution in [2.75, 3.05) is 0 Å². The van der Waals surface area contributed by atoms with Crippen molar-refractivity contribution in [2.24, 2.45) is 0 Å². The van der Waals surface area contributed by atoms with Crippen molar-refractivity contribution in [1.29, 1.82) is 0 Å². The molecule has 0 aliphatic heterocycles. The van der Waals surface area contributed by atoms with E-state index in [4.69, 9.17) is 11.6 Å². The molecule has 0 saturated heterocycles. The molecule has 0 fully saturated rings. The molecule has 0 aliphatic carbocycles. The Labute approximate surface area is 141 Å². The van der Waals surface area contributed by atoms with E-state index in [0.29, 0.717) is 26.1 Å². The van der Waals surface area contributed by atoms with Gasteiger partial charge in [0, 0.05) is 9.86 Å². The van der Waals surface area contributed by atoms with E-state index in [1.165, 1.54) is 0 Å². The van der Waals surface area contributed by atoms with E-state index in [1.54, 1.807) is 43.3 Å². The molecule has 0 spiro atoms. The van der Waals surface area contributed by atoms with Gasteiger partial charge in [0.15, 0.2) is 0 Å². The highest BCUT2D eigenvalue weighted by molar-refractivity contribution is 9.10. The molecule has 0 bridgehead atoms. The van der Waals surface area contributed by atoms with E-state index in [0.717, 1.165) is 9.65 Å². The van der Waals surface area contributed by atoms with Gasteiger partial charge in [0.25, 0.3) is 10.0 Å². The first-order valence-corrected chi connectivity index (χ1v) is 9.08. The second kappa shape index (κ2) is 5.37. The molecular formula is C15H12BrClN2O2S. The zero-order valence-electron chi connectivity index (χ0n) is 11.8. The van der Waals surface area contributed by atoms with Crippen LogP contribution in [0, 0.1) is 13.8 Å². The van der Waals surface area contributed by atoms with Crippen molar-refractivity contribution < 1.29 is 8.42 Å². The molecule has 4 nitrogen and oxygen atoms in total. The SMILES string of the molecule is Cc1ccc(S(=O)(=O)n2nc(C)c3c(Cl)cc(Br)cc32)cc1. The average Bonchev–Trinajstić information content (AvgIpc) is 2.77. The van der Waals surface area contributed by atoms with Crippen LogP contribution in [0.3, 0.4) is 0 Å². The highest BCUT2D eigenvalue weighted by Gasteiger charge is 2.23. The Kier molecular flexibility index (Phi) is 3.79. The van der Waals surface area contributed by atoms with Crippen LogP contribution >= 0.6 is 27.5 Å². The summed E-state index contributed by atoms with van der Waals surface area (Å²) in [6.07, 6.45) is 0. The van der Waals surface area contributed by atoms with Crippen LogP contribution in [0.1, 0.15) is 11.3 Å². The maximum absolute atomic E-state index is 12.8. The molecule has 0 saturated carbocycles. The molecule has 0 radical (unpaired) electrons. The second-order valence-corrected chi connectivity index (χ2v) is 8.12. The van der Waals surface area contributed by atoms with Gasteiger partial charge < -0.3 is 0 Å². The summed E-state index contributed by atoms with van der Waals surface area (Å²) in [5.74, 6) is 0. The van der Waals surface area contributed by atoms with Crippen molar-refractivity contribution in [1.82, 2.24) is 9.19 Å². The zero-order chi connectivity index (χ0) is 16.1. The molecular weight excluding hydrogens is 388 g/mol. The van der Waals surface area contributed by atoms with Gasteiger partial charge in [0.05, 0.1) is 21.1 Å². The van der Waals surface area contributed by atoms with Gasteiger partial charge in [0.1, 0.15) is 0 Å². The quantitative estimate of drug-likeness (QED) is 0.645. The van der Waals surface area contributed by atoms with E-state index in [1.807, 2.05) is 6.92 Å². The molecule has 1 heterocycles. The molecule has 0 atom stereocenters. The number of aromatic nitrogens is 2. The number of aryl methyl sites for hydroxylation is 2. The van der Waals surface area contributed by atoms with Gasteiger partial charge in [-0.15, -0.1) is 0 Å². The number of nitrogens with zero attached hydrogens (tertiary/aromatic N) is 2. The topological polar surface area (TPSA) is 52.0 Å². The molecule has 7 heteroatoms. The van der Waals surface area contributed by atoms with Gasteiger partial charge in [-0.2, -0.15) is 17.6 Å². The summed E-state index contributed by atoms with van der Waals surface area (Å²) >= 11 is 9.56. The minimum Gasteiger partial charge on any atom is -0.199 e. The zero-order valence-corrected chi connectivity index (χ0v) is 15.0. The molecule has 3 rings (SSSR count). The van der Waals surface area contributed by atoms with Crippen molar-refractivity contribution in [3.63, 3.8) is 0 Å². The molecule has 0 amide bonds. The van der Waals surface area contributed by atoms with E-state index >= 15 is 0 Å². The molecule has 22 heavy (non-hydrogen) atoms. The van der Waals surface area contributed by atoms with Crippen LogP contribution < -0.4 is 0 Å². The molecule has 0 aliphatic rings. The van der Waals surface area contributed by atoms with Crippen LogP contribution in [-0.2, 0) is 10.0 Å². The summed E-state index contributed by atoms with van der Waals surface area (Å²) in [5.41, 5.74) is 2.02. The van der Waals surface area contributed by atoms with Crippen LogP contribution in [0.5, 0.6) is 0 Å². The standard InChI is InChI=1S/C15H12BrClN2O2S/c1-9-3-5-12(6-4-9)22(20,21)19-14-8-11(16)7-13(17)15(14)10(2)18-19/h3-8H,1-2H3. The molecule has 0 unspecified atom stereocenters. The number of halogens is 2. The summed E-state index contributed by atoms with van der Waals surface area (Å²) in [7, 11) is -3.77. The van der Waals surface area contributed by atoms with E-state index in [2.05, 4.69) is 21.0 Å². The van der Waals surface area contributed by atoms with Crippen molar-refractivity contribution in [3.8, 4) is 0 Å². The summed E-state index contributed by atoms with van der Waals surface area (Å²) < 4.78 is 27.4. The lowest BCUT2D eigenvalue weighted by Gasteiger charge is -2.06. The van der Waals surface area contributed by atoms with Gasteiger partial charge in [-0.25, -0.2) is 0 Å². The minimum absolute atomic E-state index is 0.193. The van der Waals surface area contributed by atoms with Crippen LogP contribution in [0.25, 0.3) is 10.9 Å². The molecule has 2 aromatic carbocycles. The summed E-state index contributed by atoms with van der Waals surface area (Å²) in [5, 5.41) is 5.29. The van der Waals surface area contributed by atoms with Crippen molar-refractivity contribution in [3.05, 3.63) is 57.2 Å². The normalized spacial score (nSPS) is 12.0. The Morgan fingerprint density at radius 2 is 1.77 bits per heavy atom. The number of rotatable bonds is 2. The Bertz CT molecular complexity index is 979. The predicted molar refractivity (Wildman–Crippen MR) is 90.9 cm³/mol. The van der Waals surface area contributed by atoms with Gasteiger partial charge in [0.2, 0.25) is 0 Å². The average molecular weight is 400 g/mol. The first-order chi connectivity index (χ1) is 10.3. The van der Waals surface area contributed by atoms with E-state index < -0.39 is 10.0 Å². The fourth-order valence-corrected chi connectivity index (χ4v) is 4.54. The maximum Gasteiger partial charge on any atom is 0.283 e. The lowest BCUT2D eigenvalue weighted by Crippen LogP contribution is -2.14. The van der Waals surface area contributed by atoms with Gasteiger partial charge in [-0.3, -0.25) is 0 Å². The van der Waals surface area contributed by atoms with E-state index in [-0.39, 0.29) is 4.90 Å². The lowest BCUT2D eigenvalue weighted by atomic mass is 10.2. The maximum atomic E-state index is 12.8. The van der Waals surface area contributed by atoms with E-state index in [9.17, 15) is 8.42 Å². The predicted octanol–water partition coefficient (Wildman–Crippen LogP) is 4.31. The first kappa shape index (κ1) is 15.5. The fraction of sp³-hybridized carbons (Fsp3) is 0.133. The second-order valence-electron chi connectivity index (χ2n) is 5.03. The van der Waals surface area contributed by atoms with Crippen molar-refractivity contribution in [2.45, 2.75) is 18.7 Å². The molecule has 0 N–H and O–H groups in total. The van der Waals surface area contributed by atoms with Gasteiger partial charge in [-0.05, 0) is 38.1 Å². The number of fused-ring (bicyclic) bond motifs is 1. The Morgan fingerprint density at radius 1 is 1.14 bits per heavy atom.